The quantitative estimate of drug-likeness (QED) is 0.122. The maximum Gasteiger partial charge on any atom is 0.500 e. The summed E-state index contributed by atoms with van der Waals surface area (Å²) in [5.74, 6) is 0. The van der Waals surface area contributed by atoms with Gasteiger partial charge in [-0.25, -0.2) is 0 Å². The van der Waals surface area contributed by atoms with E-state index in [2.05, 4.69) is 21.0 Å². The minimum Gasteiger partial charge on any atom is -0.377 e. The van der Waals surface area contributed by atoms with Crippen LogP contribution in [0.5, 0.6) is 0 Å². The highest BCUT2D eigenvalue weighted by molar-refractivity contribution is 6.60. The molecule has 0 N–H and O–H groups in total. The summed E-state index contributed by atoms with van der Waals surface area (Å²) in [6, 6.07) is 0.900. The van der Waals surface area contributed by atoms with Gasteiger partial charge in [0.1, 0.15) is 0 Å². The summed E-state index contributed by atoms with van der Waals surface area (Å²) in [6.07, 6.45) is 19.5. The average Bonchev–Trinajstić information content (AvgIpc) is 2.69. The fourth-order valence-electron chi connectivity index (χ4n) is 3.95. The van der Waals surface area contributed by atoms with E-state index in [1.54, 1.807) is 21.3 Å². The van der Waals surface area contributed by atoms with Crippen LogP contribution in [0, 0.1) is 0 Å². The molecule has 0 amide bonds. The Labute approximate surface area is 178 Å². The van der Waals surface area contributed by atoms with Crippen LogP contribution in [-0.4, -0.2) is 61.8 Å². The third-order valence-electron chi connectivity index (χ3n) is 6.05. The Morgan fingerprint density at radius 1 is 0.536 bits per heavy atom. The molecular formula is C23H52NO3Si+. The van der Waals surface area contributed by atoms with Crippen LogP contribution >= 0.6 is 0 Å². The second kappa shape index (κ2) is 17.9. The Morgan fingerprint density at radius 2 is 0.893 bits per heavy atom. The van der Waals surface area contributed by atoms with Gasteiger partial charge in [0, 0.05) is 33.8 Å². The number of hydrogen-bond donors (Lipinski definition) is 0. The summed E-state index contributed by atoms with van der Waals surface area (Å²) in [5.41, 5.74) is 0. The number of rotatable bonds is 21. The smallest absolute Gasteiger partial charge is 0.377 e. The molecule has 170 valence electrons. The molecular weight excluding hydrogens is 366 g/mol. The van der Waals surface area contributed by atoms with E-state index in [1.165, 1.54) is 90.0 Å². The molecule has 0 aromatic heterocycles. The van der Waals surface area contributed by atoms with Crippen LogP contribution in [-0.2, 0) is 13.3 Å². The van der Waals surface area contributed by atoms with Crippen molar-refractivity contribution in [1.82, 2.24) is 0 Å². The Morgan fingerprint density at radius 3 is 1.29 bits per heavy atom. The molecule has 5 heteroatoms. The molecule has 0 saturated carbocycles. The van der Waals surface area contributed by atoms with E-state index in [0.717, 1.165) is 23.5 Å². The van der Waals surface area contributed by atoms with Gasteiger partial charge in [0.25, 0.3) is 0 Å². The minimum absolute atomic E-state index is 0.900. The van der Waals surface area contributed by atoms with Gasteiger partial charge in [0.15, 0.2) is 0 Å². The van der Waals surface area contributed by atoms with E-state index in [1.807, 2.05) is 0 Å². The van der Waals surface area contributed by atoms with E-state index in [0.29, 0.717) is 0 Å². The van der Waals surface area contributed by atoms with Gasteiger partial charge in [0.05, 0.1) is 27.2 Å². The van der Waals surface area contributed by atoms with E-state index in [9.17, 15) is 0 Å². The zero-order valence-electron chi connectivity index (χ0n) is 20.2. The van der Waals surface area contributed by atoms with E-state index in [-0.39, 0.29) is 0 Å². The second-order valence-corrected chi connectivity index (χ2v) is 12.1. The van der Waals surface area contributed by atoms with Crippen LogP contribution in [0.2, 0.25) is 6.04 Å². The van der Waals surface area contributed by atoms with Crippen molar-refractivity contribution in [3.05, 3.63) is 0 Å². The fraction of sp³-hybridized carbons (Fsp3) is 1.00. The zero-order valence-corrected chi connectivity index (χ0v) is 21.2. The summed E-state index contributed by atoms with van der Waals surface area (Å²) in [4.78, 5) is 0. The van der Waals surface area contributed by atoms with Crippen molar-refractivity contribution in [3.63, 3.8) is 0 Å². The van der Waals surface area contributed by atoms with Gasteiger partial charge in [0.2, 0.25) is 0 Å². The van der Waals surface area contributed by atoms with Gasteiger partial charge in [-0.15, -0.1) is 0 Å². The van der Waals surface area contributed by atoms with Crippen molar-refractivity contribution in [2.75, 3.05) is 48.5 Å². The first kappa shape index (κ1) is 28.1. The predicted octanol–water partition coefficient (Wildman–Crippen LogP) is 6.42. The van der Waals surface area contributed by atoms with Crippen LogP contribution in [0.3, 0.4) is 0 Å². The highest BCUT2D eigenvalue weighted by Crippen LogP contribution is 2.17. The fourth-order valence-corrected chi connectivity index (χ4v) is 5.65. The molecule has 0 aliphatic heterocycles. The molecule has 0 atom stereocenters. The minimum atomic E-state index is -2.40. The lowest BCUT2D eigenvalue weighted by molar-refractivity contribution is -0.890. The molecule has 0 aromatic rings. The van der Waals surface area contributed by atoms with Crippen molar-refractivity contribution in [2.24, 2.45) is 0 Å². The molecule has 0 spiro atoms. The van der Waals surface area contributed by atoms with Gasteiger partial charge in [-0.05, 0) is 12.8 Å². The van der Waals surface area contributed by atoms with Crippen LogP contribution in [0.25, 0.3) is 0 Å². The molecule has 0 aliphatic carbocycles. The molecule has 28 heavy (non-hydrogen) atoms. The van der Waals surface area contributed by atoms with Crippen LogP contribution < -0.4 is 0 Å². The Balaban J connectivity index is 3.56. The first-order valence-electron chi connectivity index (χ1n) is 11.9. The van der Waals surface area contributed by atoms with Crippen LogP contribution in [0.1, 0.15) is 96.8 Å². The molecule has 0 aliphatic rings. The molecule has 4 nitrogen and oxygen atoms in total. The van der Waals surface area contributed by atoms with E-state index >= 15 is 0 Å². The molecule has 0 bridgehead atoms. The summed E-state index contributed by atoms with van der Waals surface area (Å²) in [6.45, 7) is 4.71. The molecule has 0 radical (unpaired) electrons. The summed E-state index contributed by atoms with van der Waals surface area (Å²) in [5, 5.41) is 0. The van der Waals surface area contributed by atoms with E-state index < -0.39 is 8.80 Å². The second-order valence-electron chi connectivity index (χ2n) is 9.02. The third-order valence-corrected chi connectivity index (χ3v) is 8.88. The maximum absolute atomic E-state index is 5.52. The number of hydrogen-bond acceptors (Lipinski definition) is 3. The van der Waals surface area contributed by atoms with Gasteiger partial charge in [-0.1, -0.05) is 77.6 Å². The van der Waals surface area contributed by atoms with Crippen molar-refractivity contribution in [2.45, 2.75) is 103 Å². The molecule has 0 rings (SSSR count). The lowest BCUT2D eigenvalue weighted by Crippen LogP contribution is -2.45. The van der Waals surface area contributed by atoms with Crippen molar-refractivity contribution >= 4 is 8.80 Å². The van der Waals surface area contributed by atoms with Crippen molar-refractivity contribution < 1.29 is 17.8 Å². The number of quaternary nitrogens is 1. The zero-order chi connectivity index (χ0) is 21.1. The number of nitrogens with zero attached hydrogens (tertiary/aromatic N) is 1. The molecule has 0 unspecified atom stereocenters. The van der Waals surface area contributed by atoms with Crippen molar-refractivity contribution in [3.8, 4) is 0 Å². The highest BCUT2D eigenvalue weighted by atomic mass is 28.4. The van der Waals surface area contributed by atoms with Gasteiger partial charge < -0.3 is 17.8 Å². The van der Waals surface area contributed by atoms with Crippen molar-refractivity contribution in [1.29, 1.82) is 0 Å². The first-order chi connectivity index (χ1) is 13.4. The SMILES string of the molecule is CCCCCCCCCCCCCCC[N+](C)(C)CCC[Si](OC)(OC)OC. The third kappa shape index (κ3) is 15.0. The molecule has 0 aromatic carbocycles. The van der Waals surface area contributed by atoms with Gasteiger partial charge in [-0.3, -0.25) is 0 Å². The summed E-state index contributed by atoms with van der Waals surface area (Å²) < 4.78 is 17.6. The monoisotopic (exact) mass is 418 g/mol. The summed E-state index contributed by atoms with van der Waals surface area (Å²) in [7, 11) is 7.39. The van der Waals surface area contributed by atoms with E-state index in [4.69, 9.17) is 13.3 Å². The Bertz CT molecular complexity index is 328. The maximum atomic E-state index is 5.52. The molecule has 0 saturated heterocycles. The van der Waals surface area contributed by atoms with Crippen LogP contribution in [0.4, 0.5) is 0 Å². The topological polar surface area (TPSA) is 27.7 Å². The number of unbranched alkanes of at least 4 members (excludes halogenated alkanes) is 12. The Hall–Kier alpha value is 0.0569. The van der Waals surface area contributed by atoms with Gasteiger partial charge >= 0.3 is 8.80 Å². The largest absolute Gasteiger partial charge is 0.500 e. The standard InChI is InChI=1S/C23H52NO3Si/c1-7-8-9-10-11-12-13-14-15-16-17-18-19-21-24(2,3)22-20-23-28(25-4,26-5)27-6/h7-23H2,1-6H3/q+1. The first-order valence-corrected chi connectivity index (χ1v) is 13.9. The lowest BCUT2D eigenvalue weighted by atomic mass is 10.0. The lowest BCUT2D eigenvalue weighted by Gasteiger charge is -2.31. The van der Waals surface area contributed by atoms with Crippen LogP contribution in [0.15, 0.2) is 0 Å². The summed E-state index contributed by atoms with van der Waals surface area (Å²) >= 11 is 0. The van der Waals surface area contributed by atoms with Gasteiger partial charge in [-0.2, -0.15) is 0 Å². The Kier molecular flexibility index (Phi) is 17.9. The molecule has 0 heterocycles. The normalized spacial score (nSPS) is 12.6. The predicted molar refractivity (Wildman–Crippen MR) is 124 cm³/mol. The molecule has 0 fully saturated rings. The highest BCUT2D eigenvalue weighted by Gasteiger charge is 2.37. The average molecular weight is 419 g/mol.